The lowest BCUT2D eigenvalue weighted by Gasteiger charge is -2.07. The van der Waals surface area contributed by atoms with Crippen LogP contribution in [0, 0.1) is 0 Å². The molecule has 0 aliphatic heterocycles. The summed E-state index contributed by atoms with van der Waals surface area (Å²) in [6, 6.07) is 7.95. The van der Waals surface area contributed by atoms with Gasteiger partial charge in [-0.05, 0) is 55.7 Å². The second-order valence-corrected chi connectivity index (χ2v) is 8.24. The van der Waals surface area contributed by atoms with E-state index >= 15 is 0 Å². The Labute approximate surface area is 155 Å². The number of hydrogen-bond donors (Lipinski definition) is 0. The normalized spacial score (nSPS) is 14.6. The minimum Gasteiger partial charge on any atom is -0.236 e. The van der Waals surface area contributed by atoms with Gasteiger partial charge in [0.05, 0.1) is 4.90 Å². The number of benzene rings is 1. The van der Waals surface area contributed by atoms with Gasteiger partial charge < -0.3 is 0 Å². The van der Waals surface area contributed by atoms with Crippen LogP contribution in [0.25, 0.3) is 5.65 Å². The molecule has 1 aromatic carbocycles. The maximum atomic E-state index is 6.13. The van der Waals surface area contributed by atoms with Crippen LogP contribution in [-0.4, -0.2) is 20.9 Å². The van der Waals surface area contributed by atoms with E-state index in [1.165, 1.54) is 30.5 Å². The Morgan fingerprint density at radius 3 is 2.88 bits per heavy atom. The molecule has 3 nitrogen and oxygen atoms in total. The van der Waals surface area contributed by atoms with Gasteiger partial charge in [-0.3, -0.25) is 0 Å². The summed E-state index contributed by atoms with van der Waals surface area (Å²) >= 11 is 9.50. The van der Waals surface area contributed by atoms with Crippen LogP contribution in [0.5, 0.6) is 0 Å². The van der Waals surface area contributed by atoms with Crippen molar-refractivity contribution in [2.75, 3.05) is 6.26 Å². The number of hydrogen-bond acceptors (Lipinski definition) is 4. The summed E-state index contributed by atoms with van der Waals surface area (Å²) < 4.78 is 2.08. The Bertz CT molecular complexity index is 891. The zero-order valence-corrected chi connectivity index (χ0v) is 15.8. The molecule has 0 saturated heterocycles. The van der Waals surface area contributed by atoms with Crippen molar-refractivity contribution >= 4 is 40.8 Å². The summed E-state index contributed by atoms with van der Waals surface area (Å²) in [7, 11) is 0. The van der Waals surface area contributed by atoms with Crippen molar-refractivity contribution < 1.29 is 0 Å². The number of aromatic nitrogens is 3. The summed E-state index contributed by atoms with van der Waals surface area (Å²) in [4.78, 5) is 6.99. The maximum Gasteiger partial charge on any atom is 0.170 e. The third kappa shape index (κ3) is 3.05. The summed E-state index contributed by atoms with van der Waals surface area (Å²) in [6.45, 7) is 0. The molecule has 0 N–H and O–H groups in total. The molecule has 0 atom stereocenters. The van der Waals surface area contributed by atoms with Gasteiger partial charge in [-0.2, -0.15) is 5.10 Å². The summed E-state index contributed by atoms with van der Waals surface area (Å²) in [5, 5.41) is 6.65. The second-order valence-electron chi connectivity index (χ2n) is 5.92. The molecule has 2 heterocycles. The van der Waals surface area contributed by atoms with Gasteiger partial charge in [0, 0.05) is 21.8 Å². The predicted octanol–water partition coefficient (Wildman–Crippen LogP) is 5.52. The van der Waals surface area contributed by atoms with Crippen molar-refractivity contribution in [3.05, 3.63) is 46.7 Å². The van der Waals surface area contributed by atoms with Gasteiger partial charge in [0.1, 0.15) is 5.03 Å². The average Bonchev–Trinajstić information content (AvgIpc) is 2.77. The highest BCUT2D eigenvalue weighted by Crippen LogP contribution is 2.38. The van der Waals surface area contributed by atoms with Gasteiger partial charge in [0.25, 0.3) is 0 Å². The number of rotatable bonds is 3. The highest BCUT2D eigenvalue weighted by atomic mass is 35.5. The van der Waals surface area contributed by atoms with E-state index in [2.05, 4.69) is 23.0 Å². The van der Waals surface area contributed by atoms with E-state index in [0.717, 1.165) is 38.3 Å². The molecule has 3 aromatic rings. The average molecular weight is 376 g/mol. The first-order valence-electron chi connectivity index (χ1n) is 8.13. The van der Waals surface area contributed by atoms with E-state index in [1.807, 2.05) is 18.2 Å². The first-order valence-corrected chi connectivity index (χ1v) is 10.5. The fraction of sp³-hybridized carbons (Fsp3) is 0.333. The van der Waals surface area contributed by atoms with E-state index < -0.39 is 0 Å². The van der Waals surface area contributed by atoms with Crippen molar-refractivity contribution in [1.29, 1.82) is 0 Å². The van der Waals surface area contributed by atoms with Gasteiger partial charge in [0.15, 0.2) is 5.65 Å². The molecule has 0 unspecified atom stereocenters. The van der Waals surface area contributed by atoms with E-state index in [9.17, 15) is 0 Å². The summed E-state index contributed by atoms with van der Waals surface area (Å²) in [5.41, 5.74) is 3.66. The minimum atomic E-state index is 0.754. The van der Waals surface area contributed by atoms with Crippen LogP contribution >= 0.6 is 35.1 Å². The Balaban J connectivity index is 1.84. The molecular formula is C18H18ClN3S2. The predicted molar refractivity (Wildman–Crippen MR) is 102 cm³/mol. The number of aryl methyl sites for hydroxylation is 2. The largest absolute Gasteiger partial charge is 0.236 e. The monoisotopic (exact) mass is 375 g/mol. The van der Waals surface area contributed by atoms with E-state index in [0.29, 0.717) is 0 Å². The molecule has 0 fully saturated rings. The molecule has 1 aliphatic rings. The highest BCUT2D eigenvalue weighted by molar-refractivity contribution is 8.02. The van der Waals surface area contributed by atoms with Crippen LogP contribution in [0.4, 0.5) is 0 Å². The second kappa shape index (κ2) is 6.98. The van der Waals surface area contributed by atoms with Crippen LogP contribution in [0.1, 0.15) is 30.5 Å². The third-order valence-corrected chi connectivity index (χ3v) is 6.43. The molecule has 0 bridgehead atoms. The van der Waals surface area contributed by atoms with Crippen molar-refractivity contribution in [2.24, 2.45) is 0 Å². The molecule has 1 aliphatic carbocycles. The summed E-state index contributed by atoms with van der Waals surface area (Å²) in [5.74, 6) is 0. The first-order chi connectivity index (χ1) is 11.8. The lowest BCUT2D eigenvalue weighted by atomic mass is 10.1. The maximum absolute atomic E-state index is 6.13. The standard InChI is InChI=1S/C18H18ClN3S2/c1-23-18-16(24-14-8-5-7-13(19)10-14)17-20-11-12-6-3-2-4-9-15(12)22(17)21-18/h5,7-8,10-11H,2-4,6,9H2,1H3. The Morgan fingerprint density at radius 2 is 2.04 bits per heavy atom. The van der Waals surface area contributed by atoms with Crippen molar-refractivity contribution in [3.63, 3.8) is 0 Å². The molecule has 0 radical (unpaired) electrons. The Morgan fingerprint density at radius 1 is 1.17 bits per heavy atom. The first kappa shape index (κ1) is 16.3. The third-order valence-electron chi connectivity index (χ3n) is 4.33. The zero-order chi connectivity index (χ0) is 16.5. The molecule has 4 rings (SSSR count). The van der Waals surface area contributed by atoms with Crippen LogP contribution in [0.3, 0.4) is 0 Å². The number of nitrogens with zero attached hydrogens (tertiary/aromatic N) is 3. The number of thioether (sulfide) groups is 1. The molecular weight excluding hydrogens is 358 g/mol. The van der Waals surface area contributed by atoms with Crippen molar-refractivity contribution in [1.82, 2.24) is 14.6 Å². The van der Waals surface area contributed by atoms with Gasteiger partial charge >= 0.3 is 0 Å². The molecule has 24 heavy (non-hydrogen) atoms. The lowest BCUT2D eigenvalue weighted by Crippen LogP contribution is -2.04. The highest BCUT2D eigenvalue weighted by Gasteiger charge is 2.20. The minimum absolute atomic E-state index is 0.754. The fourth-order valence-electron chi connectivity index (χ4n) is 3.16. The SMILES string of the molecule is CSc1nn2c3c(cnc2c1Sc1cccc(Cl)c1)CCCCC3. The molecule has 0 spiro atoms. The zero-order valence-electron chi connectivity index (χ0n) is 13.5. The fourth-order valence-corrected chi connectivity index (χ4v) is 5.15. The smallest absolute Gasteiger partial charge is 0.170 e. The Kier molecular flexibility index (Phi) is 4.74. The van der Waals surface area contributed by atoms with Gasteiger partial charge in [-0.15, -0.1) is 11.8 Å². The van der Waals surface area contributed by atoms with Gasteiger partial charge in [0.2, 0.25) is 0 Å². The summed E-state index contributed by atoms with van der Waals surface area (Å²) in [6.07, 6.45) is 10.1. The molecule has 0 saturated carbocycles. The van der Waals surface area contributed by atoms with Crippen LogP contribution in [0.15, 0.2) is 45.3 Å². The van der Waals surface area contributed by atoms with Crippen molar-refractivity contribution in [2.45, 2.75) is 46.9 Å². The van der Waals surface area contributed by atoms with Crippen LogP contribution in [0.2, 0.25) is 5.02 Å². The van der Waals surface area contributed by atoms with Crippen LogP contribution in [-0.2, 0) is 12.8 Å². The molecule has 0 amide bonds. The molecule has 6 heteroatoms. The van der Waals surface area contributed by atoms with Crippen molar-refractivity contribution in [3.8, 4) is 0 Å². The topological polar surface area (TPSA) is 30.2 Å². The molecule has 2 aromatic heterocycles. The van der Waals surface area contributed by atoms with E-state index in [4.69, 9.17) is 21.7 Å². The van der Waals surface area contributed by atoms with Crippen LogP contribution < -0.4 is 0 Å². The van der Waals surface area contributed by atoms with Gasteiger partial charge in [-0.25, -0.2) is 9.50 Å². The quantitative estimate of drug-likeness (QED) is 0.445. The number of fused-ring (bicyclic) bond motifs is 3. The van der Waals surface area contributed by atoms with E-state index in [1.54, 1.807) is 23.5 Å². The van der Waals surface area contributed by atoms with Gasteiger partial charge in [-0.1, -0.05) is 35.9 Å². The Hall–Kier alpha value is -1.17. The number of halogens is 1. The van der Waals surface area contributed by atoms with E-state index in [-0.39, 0.29) is 0 Å². The lowest BCUT2D eigenvalue weighted by molar-refractivity contribution is 0.700. The molecule has 124 valence electrons.